The van der Waals surface area contributed by atoms with Crippen LogP contribution in [-0.4, -0.2) is 54.2 Å². The standard InChI is InChI=1S/C16H30N4O/c1-4-5-17-11-15-10-16(21-18-15)13-20-8-6-19(7-9-20)12-14(2)3/h10,14,17H,4-9,11-13H2,1-3H3. The van der Waals surface area contributed by atoms with E-state index in [9.17, 15) is 0 Å². The highest BCUT2D eigenvalue weighted by molar-refractivity contribution is 5.05. The molecule has 5 heteroatoms. The maximum absolute atomic E-state index is 5.44. The number of piperazine rings is 1. The minimum absolute atomic E-state index is 0.754. The van der Waals surface area contributed by atoms with Crippen molar-refractivity contribution in [3.63, 3.8) is 0 Å². The average molecular weight is 294 g/mol. The number of hydrogen-bond donors (Lipinski definition) is 1. The Morgan fingerprint density at radius 3 is 2.62 bits per heavy atom. The topological polar surface area (TPSA) is 44.5 Å². The summed E-state index contributed by atoms with van der Waals surface area (Å²) < 4.78 is 5.44. The van der Waals surface area contributed by atoms with Gasteiger partial charge in [-0.2, -0.15) is 0 Å². The van der Waals surface area contributed by atoms with Gasteiger partial charge in [-0.25, -0.2) is 0 Å². The van der Waals surface area contributed by atoms with Crippen molar-refractivity contribution in [1.29, 1.82) is 0 Å². The van der Waals surface area contributed by atoms with Gasteiger partial charge in [-0.05, 0) is 18.9 Å². The summed E-state index contributed by atoms with van der Waals surface area (Å²) in [4.78, 5) is 5.02. The first kappa shape index (κ1) is 16.5. The summed E-state index contributed by atoms with van der Waals surface area (Å²) in [6, 6.07) is 2.09. The van der Waals surface area contributed by atoms with Gasteiger partial charge in [0.15, 0.2) is 5.76 Å². The summed E-state index contributed by atoms with van der Waals surface area (Å²) in [5, 5.41) is 7.48. The van der Waals surface area contributed by atoms with Crippen molar-refractivity contribution in [3.05, 3.63) is 17.5 Å². The molecule has 0 unspecified atom stereocenters. The lowest BCUT2D eigenvalue weighted by atomic mass is 10.2. The van der Waals surface area contributed by atoms with Gasteiger partial charge in [0.25, 0.3) is 0 Å². The number of nitrogens with zero attached hydrogens (tertiary/aromatic N) is 3. The summed E-state index contributed by atoms with van der Waals surface area (Å²) in [6.45, 7) is 15.2. The molecular formula is C16H30N4O. The molecule has 120 valence electrons. The summed E-state index contributed by atoms with van der Waals surface area (Å²) in [5.74, 6) is 1.74. The number of nitrogens with one attached hydrogen (secondary N) is 1. The molecule has 0 radical (unpaired) electrons. The van der Waals surface area contributed by atoms with Gasteiger partial charge >= 0.3 is 0 Å². The van der Waals surface area contributed by atoms with E-state index >= 15 is 0 Å². The van der Waals surface area contributed by atoms with Crippen molar-refractivity contribution in [1.82, 2.24) is 20.3 Å². The van der Waals surface area contributed by atoms with Crippen LogP contribution in [0.5, 0.6) is 0 Å². The molecule has 1 aliphatic rings. The first-order valence-electron chi connectivity index (χ1n) is 8.27. The Labute approximate surface area is 128 Å². The molecule has 0 aromatic carbocycles. The molecule has 1 aliphatic heterocycles. The predicted molar refractivity (Wildman–Crippen MR) is 85.1 cm³/mol. The van der Waals surface area contributed by atoms with Crippen LogP contribution in [0, 0.1) is 5.92 Å². The third-order valence-electron chi connectivity index (χ3n) is 3.81. The Balaban J connectivity index is 1.71. The molecule has 1 aromatic rings. The lowest BCUT2D eigenvalue weighted by Crippen LogP contribution is -2.46. The van der Waals surface area contributed by atoms with Crippen molar-refractivity contribution in [2.75, 3.05) is 39.3 Å². The van der Waals surface area contributed by atoms with Crippen molar-refractivity contribution < 1.29 is 4.52 Å². The van der Waals surface area contributed by atoms with E-state index in [4.69, 9.17) is 4.52 Å². The zero-order chi connectivity index (χ0) is 15.1. The molecular weight excluding hydrogens is 264 g/mol. The Hall–Kier alpha value is -0.910. The Morgan fingerprint density at radius 1 is 1.24 bits per heavy atom. The number of rotatable bonds is 8. The van der Waals surface area contributed by atoms with Gasteiger partial charge in [0.1, 0.15) is 0 Å². The summed E-state index contributed by atoms with van der Waals surface area (Å²) in [5.41, 5.74) is 1.01. The Kier molecular flexibility index (Phi) is 6.67. The summed E-state index contributed by atoms with van der Waals surface area (Å²) in [7, 11) is 0. The van der Waals surface area contributed by atoms with Crippen molar-refractivity contribution in [3.8, 4) is 0 Å². The zero-order valence-electron chi connectivity index (χ0n) is 13.8. The monoisotopic (exact) mass is 294 g/mol. The van der Waals surface area contributed by atoms with Crippen LogP contribution >= 0.6 is 0 Å². The largest absolute Gasteiger partial charge is 0.360 e. The quantitative estimate of drug-likeness (QED) is 0.743. The van der Waals surface area contributed by atoms with E-state index in [1.54, 1.807) is 0 Å². The fraction of sp³-hybridized carbons (Fsp3) is 0.812. The van der Waals surface area contributed by atoms with Crippen LogP contribution in [-0.2, 0) is 13.1 Å². The minimum atomic E-state index is 0.754. The highest BCUT2D eigenvalue weighted by atomic mass is 16.5. The van der Waals surface area contributed by atoms with E-state index in [0.717, 1.165) is 69.6 Å². The predicted octanol–water partition coefficient (Wildman–Crippen LogP) is 1.95. The normalized spacial score (nSPS) is 17.7. The van der Waals surface area contributed by atoms with Gasteiger partial charge in [0.05, 0.1) is 12.2 Å². The minimum Gasteiger partial charge on any atom is -0.360 e. The van der Waals surface area contributed by atoms with Gasteiger partial charge in [-0.1, -0.05) is 25.9 Å². The van der Waals surface area contributed by atoms with Gasteiger partial charge in [-0.3, -0.25) is 4.90 Å². The maximum Gasteiger partial charge on any atom is 0.151 e. The lowest BCUT2D eigenvalue weighted by Gasteiger charge is -2.34. The molecule has 0 spiro atoms. The first-order chi connectivity index (χ1) is 10.2. The molecule has 2 heterocycles. The van der Waals surface area contributed by atoms with Crippen molar-refractivity contribution in [2.24, 2.45) is 5.92 Å². The second-order valence-electron chi connectivity index (χ2n) is 6.43. The van der Waals surface area contributed by atoms with Crippen LogP contribution in [0.25, 0.3) is 0 Å². The number of hydrogen-bond acceptors (Lipinski definition) is 5. The molecule has 5 nitrogen and oxygen atoms in total. The van der Waals surface area contributed by atoms with Crippen LogP contribution in [0.3, 0.4) is 0 Å². The molecule has 21 heavy (non-hydrogen) atoms. The van der Waals surface area contributed by atoms with Crippen molar-refractivity contribution in [2.45, 2.75) is 40.3 Å². The second-order valence-corrected chi connectivity index (χ2v) is 6.43. The van der Waals surface area contributed by atoms with Gasteiger partial charge in [0.2, 0.25) is 0 Å². The van der Waals surface area contributed by atoms with Gasteiger partial charge in [0, 0.05) is 45.3 Å². The third-order valence-corrected chi connectivity index (χ3v) is 3.81. The maximum atomic E-state index is 5.44. The highest BCUT2D eigenvalue weighted by Crippen LogP contribution is 2.11. The van der Waals surface area contributed by atoms with E-state index in [0.29, 0.717) is 0 Å². The first-order valence-corrected chi connectivity index (χ1v) is 8.27. The zero-order valence-corrected chi connectivity index (χ0v) is 13.8. The van der Waals surface area contributed by atoms with Crippen molar-refractivity contribution >= 4 is 0 Å². The van der Waals surface area contributed by atoms with Gasteiger partial charge in [-0.15, -0.1) is 0 Å². The molecule has 1 N–H and O–H groups in total. The molecule has 0 bridgehead atoms. The summed E-state index contributed by atoms with van der Waals surface area (Å²) >= 11 is 0. The SMILES string of the molecule is CCCNCc1cc(CN2CCN(CC(C)C)CC2)on1. The Bertz CT molecular complexity index is 397. The highest BCUT2D eigenvalue weighted by Gasteiger charge is 2.18. The molecule has 0 aliphatic carbocycles. The van der Waals surface area contributed by atoms with Crippen LogP contribution < -0.4 is 5.32 Å². The van der Waals surface area contributed by atoms with Crippen LogP contribution in [0.1, 0.15) is 38.6 Å². The van der Waals surface area contributed by atoms with Gasteiger partial charge < -0.3 is 14.7 Å². The van der Waals surface area contributed by atoms with E-state index in [1.165, 1.54) is 6.54 Å². The molecule has 1 aromatic heterocycles. The lowest BCUT2D eigenvalue weighted by molar-refractivity contribution is 0.110. The smallest absolute Gasteiger partial charge is 0.151 e. The van der Waals surface area contributed by atoms with E-state index in [-0.39, 0.29) is 0 Å². The summed E-state index contributed by atoms with van der Waals surface area (Å²) in [6.07, 6.45) is 1.14. The number of aromatic nitrogens is 1. The van der Waals surface area contributed by atoms with Crippen LogP contribution in [0.4, 0.5) is 0 Å². The third kappa shape index (κ3) is 5.77. The Morgan fingerprint density at radius 2 is 1.95 bits per heavy atom. The molecule has 1 fully saturated rings. The average Bonchev–Trinajstić information content (AvgIpc) is 2.88. The molecule has 0 amide bonds. The fourth-order valence-corrected chi connectivity index (χ4v) is 2.77. The van der Waals surface area contributed by atoms with E-state index < -0.39 is 0 Å². The molecule has 1 saturated heterocycles. The molecule has 0 atom stereocenters. The molecule has 0 saturated carbocycles. The fourth-order valence-electron chi connectivity index (χ4n) is 2.77. The van der Waals surface area contributed by atoms with E-state index in [2.05, 4.69) is 47.1 Å². The van der Waals surface area contributed by atoms with Crippen LogP contribution in [0.2, 0.25) is 0 Å². The molecule has 2 rings (SSSR count). The van der Waals surface area contributed by atoms with Crippen LogP contribution in [0.15, 0.2) is 10.6 Å². The van der Waals surface area contributed by atoms with E-state index in [1.807, 2.05) is 0 Å². The second kappa shape index (κ2) is 8.51.